The Balaban J connectivity index is 2.02. The minimum atomic E-state index is -0.318. The molecular formula is C17H18N2O2S2. The molecule has 1 aliphatic rings. The molecule has 6 heteroatoms. The van der Waals surface area contributed by atoms with Crippen LogP contribution >= 0.6 is 25.3 Å². The fourth-order valence-corrected chi connectivity index (χ4v) is 3.68. The molecule has 23 heavy (non-hydrogen) atoms. The third-order valence-corrected chi connectivity index (χ3v) is 5.04. The van der Waals surface area contributed by atoms with Gasteiger partial charge in [-0.15, -0.1) is 25.3 Å². The summed E-state index contributed by atoms with van der Waals surface area (Å²) in [5, 5.41) is 24.9. The van der Waals surface area contributed by atoms with Crippen molar-refractivity contribution in [3.8, 4) is 0 Å². The Hall–Kier alpha value is -1.47. The Morgan fingerprint density at radius 2 is 1.30 bits per heavy atom. The Bertz CT molecular complexity index is 679. The van der Waals surface area contributed by atoms with E-state index in [0.717, 1.165) is 20.9 Å². The highest BCUT2D eigenvalue weighted by Crippen LogP contribution is 2.42. The van der Waals surface area contributed by atoms with Crippen LogP contribution in [0, 0.1) is 0 Å². The zero-order valence-corrected chi connectivity index (χ0v) is 14.2. The van der Waals surface area contributed by atoms with E-state index in [1.165, 1.54) is 5.06 Å². The van der Waals surface area contributed by atoms with Crippen molar-refractivity contribution in [2.24, 2.45) is 5.16 Å². The maximum Gasteiger partial charge on any atom is 0.0670 e. The molecule has 0 amide bonds. The summed E-state index contributed by atoms with van der Waals surface area (Å²) in [4.78, 5) is 1.60. The van der Waals surface area contributed by atoms with Crippen molar-refractivity contribution >= 4 is 31.0 Å². The van der Waals surface area contributed by atoms with Crippen molar-refractivity contribution in [3.05, 3.63) is 59.7 Å². The minimum absolute atomic E-state index is 0.318. The maximum absolute atomic E-state index is 10.8. The van der Waals surface area contributed by atoms with Gasteiger partial charge in [0.25, 0.3) is 0 Å². The predicted molar refractivity (Wildman–Crippen MR) is 95.0 cm³/mol. The molecule has 0 spiro atoms. The molecule has 4 nitrogen and oxygen atoms in total. The zero-order chi connectivity index (χ0) is 16.4. The summed E-state index contributed by atoms with van der Waals surface area (Å²) in [6.07, 6.45) is 0.908. The third kappa shape index (κ3) is 3.26. The fourth-order valence-electron chi connectivity index (χ4n) is 3.06. The molecule has 1 saturated heterocycles. The summed E-state index contributed by atoms with van der Waals surface area (Å²) < 4.78 is 0. The number of piperidine rings is 1. The van der Waals surface area contributed by atoms with Crippen LogP contribution in [0.25, 0.3) is 0 Å². The summed E-state index contributed by atoms with van der Waals surface area (Å²) in [6, 6.07) is 14.6. The van der Waals surface area contributed by atoms with E-state index in [9.17, 15) is 10.4 Å². The van der Waals surface area contributed by atoms with Crippen LogP contribution in [0.1, 0.15) is 36.1 Å². The van der Waals surface area contributed by atoms with Crippen LogP contribution in [-0.4, -0.2) is 21.2 Å². The van der Waals surface area contributed by atoms with Crippen LogP contribution in [0.2, 0.25) is 0 Å². The summed E-state index contributed by atoms with van der Waals surface area (Å²) in [6.45, 7) is 0. The number of oxime groups is 1. The van der Waals surface area contributed by atoms with Crippen LogP contribution in [-0.2, 0) is 0 Å². The Labute approximate surface area is 146 Å². The lowest BCUT2D eigenvalue weighted by Gasteiger charge is -2.39. The summed E-state index contributed by atoms with van der Waals surface area (Å²) in [5.74, 6) is 0. The van der Waals surface area contributed by atoms with Gasteiger partial charge >= 0.3 is 0 Å². The molecule has 2 N–H and O–H groups in total. The molecule has 1 aliphatic heterocycles. The second-order valence-electron chi connectivity index (χ2n) is 5.60. The first kappa shape index (κ1) is 16.4. The van der Waals surface area contributed by atoms with Gasteiger partial charge in [0.2, 0.25) is 0 Å². The molecule has 0 unspecified atom stereocenters. The number of thiol groups is 2. The lowest BCUT2D eigenvalue weighted by molar-refractivity contribution is -0.168. The molecule has 0 aromatic heterocycles. The highest BCUT2D eigenvalue weighted by molar-refractivity contribution is 7.80. The Morgan fingerprint density at radius 1 is 0.870 bits per heavy atom. The first-order valence-corrected chi connectivity index (χ1v) is 8.24. The van der Waals surface area contributed by atoms with Gasteiger partial charge in [0.1, 0.15) is 0 Å². The van der Waals surface area contributed by atoms with E-state index in [0.29, 0.717) is 18.6 Å². The second kappa shape index (κ2) is 6.97. The van der Waals surface area contributed by atoms with Crippen molar-refractivity contribution in [1.29, 1.82) is 0 Å². The molecule has 2 atom stereocenters. The predicted octanol–water partition coefficient (Wildman–Crippen LogP) is 4.36. The summed E-state index contributed by atoms with van der Waals surface area (Å²) >= 11 is 8.98. The number of hydroxylamine groups is 2. The van der Waals surface area contributed by atoms with Crippen molar-refractivity contribution < 1.29 is 10.4 Å². The van der Waals surface area contributed by atoms with Gasteiger partial charge in [-0.05, 0) is 23.3 Å². The fraction of sp³-hybridized carbons (Fsp3) is 0.235. The number of hydrogen-bond donors (Lipinski definition) is 4. The van der Waals surface area contributed by atoms with Crippen molar-refractivity contribution in [2.45, 2.75) is 34.7 Å². The normalized spacial score (nSPS) is 22.1. The van der Waals surface area contributed by atoms with Crippen LogP contribution in [0.3, 0.4) is 0 Å². The molecule has 3 rings (SSSR count). The number of rotatable bonds is 2. The third-order valence-electron chi connectivity index (χ3n) is 4.23. The van der Waals surface area contributed by atoms with Gasteiger partial charge in [0, 0.05) is 22.6 Å². The number of hydrogen-bond acceptors (Lipinski definition) is 6. The monoisotopic (exact) mass is 346 g/mol. The van der Waals surface area contributed by atoms with Crippen molar-refractivity contribution in [2.75, 3.05) is 0 Å². The van der Waals surface area contributed by atoms with Crippen LogP contribution in [0.5, 0.6) is 0 Å². The Kier molecular flexibility index (Phi) is 4.96. The first-order valence-electron chi connectivity index (χ1n) is 7.34. The molecule has 0 bridgehead atoms. The lowest BCUT2D eigenvalue weighted by Crippen LogP contribution is -2.38. The Morgan fingerprint density at radius 3 is 1.70 bits per heavy atom. The van der Waals surface area contributed by atoms with Gasteiger partial charge in [0.05, 0.1) is 17.8 Å². The molecule has 1 fully saturated rings. The molecule has 120 valence electrons. The van der Waals surface area contributed by atoms with Crippen LogP contribution < -0.4 is 0 Å². The SMILES string of the molecule is ON=C1C[C@@H](c2ccccc2S)N(O)[C@H](c2ccccc2S)C1. The van der Waals surface area contributed by atoms with Gasteiger partial charge in [-0.1, -0.05) is 41.6 Å². The molecular weight excluding hydrogens is 328 g/mol. The molecule has 0 radical (unpaired) electrons. The largest absolute Gasteiger partial charge is 0.411 e. The molecule has 2 aromatic carbocycles. The van der Waals surface area contributed by atoms with Gasteiger partial charge < -0.3 is 10.4 Å². The quantitative estimate of drug-likeness (QED) is 0.371. The average Bonchev–Trinajstić information content (AvgIpc) is 2.57. The van der Waals surface area contributed by atoms with Gasteiger partial charge in [-0.2, -0.15) is 5.06 Å². The maximum atomic E-state index is 10.8. The molecule has 1 heterocycles. The topological polar surface area (TPSA) is 56.1 Å². The zero-order valence-electron chi connectivity index (χ0n) is 12.4. The van der Waals surface area contributed by atoms with E-state index in [4.69, 9.17) is 0 Å². The van der Waals surface area contributed by atoms with E-state index in [-0.39, 0.29) is 12.1 Å². The van der Waals surface area contributed by atoms with E-state index in [1.54, 1.807) is 0 Å². The van der Waals surface area contributed by atoms with Crippen molar-refractivity contribution in [3.63, 3.8) is 0 Å². The van der Waals surface area contributed by atoms with Crippen molar-refractivity contribution in [1.82, 2.24) is 5.06 Å². The highest BCUT2D eigenvalue weighted by Gasteiger charge is 2.36. The summed E-state index contributed by atoms with van der Waals surface area (Å²) in [5.41, 5.74) is 2.46. The average molecular weight is 346 g/mol. The number of benzene rings is 2. The molecule has 2 aromatic rings. The van der Waals surface area contributed by atoms with Crippen LogP contribution in [0.15, 0.2) is 63.5 Å². The van der Waals surface area contributed by atoms with Gasteiger partial charge in [0.15, 0.2) is 0 Å². The lowest BCUT2D eigenvalue weighted by atomic mass is 9.88. The van der Waals surface area contributed by atoms with Crippen LogP contribution in [0.4, 0.5) is 0 Å². The first-order chi connectivity index (χ1) is 11.1. The highest BCUT2D eigenvalue weighted by atomic mass is 32.1. The molecule has 0 aliphatic carbocycles. The van der Waals surface area contributed by atoms with E-state index >= 15 is 0 Å². The van der Waals surface area contributed by atoms with E-state index < -0.39 is 0 Å². The van der Waals surface area contributed by atoms with E-state index in [2.05, 4.69) is 30.4 Å². The van der Waals surface area contributed by atoms with E-state index in [1.807, 2.05) is 48.5 Å². The van der Waals surface area contributed by atoms with Gasteiger partial charge in [-0.25, -0.2) is 0 Å². The minimum Gasteiger partial charge on any atom is -0.411 e. The smallest absolute Gasteiger partial charge is 0.0670 e. The second-order valence-corrected chi connectivity index (χ2v) is 6.57. The summed E-state index contributed by atoms with van der Waals surface area (Å²) in [7, 11) is 0. The number of nitrogens with zero attached hydrogens (tertiary/aromatic N) is 2. The van der Waals surface area contributed by atoms with Gasteiger partial charge in [-0.3, -0.25) is 0 Å². The standard InChI is InChI=1S/C17H18N2O2S2/c20-18-11-9-14(12-5-1-3-7-16(12)22)19(21)15(10-11)13-6-2-4-8-17(13)23/h1-8,14-15,20-23H,9-10H2/t14-,15-/m0/s1. The molecule has 0 saturated carbocycles.